The monoisotopic (exact) mass is 109 g/mol. The summed E-state index contributed by atoms with van der Waals surface area (Å²) in [5, 5.41) is 2.44. The van der Waals surface area contributed by atoms with E-state index in [0.29, 0.717) is 0 Å². The van der Waals surface area contributed by atoms with Gasteiger partial charge in [0.2, 0.25) is 6.34 Å². The number of alkyl halides is 3. The molecule has 0 aliphatic carbocycles. The Balaban J connectivity index is 2.38. The van der Waals surface area contributed by atoms with Crippen LogP contribution < -0.4 is 0 Å². The summed E-state index contributed by atoms with van der Waals surface area (Å²) in [4.78, 5) is 0. The van der Waals surface area contributed by atoms with E-state index < -0.39 is 6.30 Å². The Morgan fingerprint density at radius 1 is 1.43 bits per heavy atom. The Labute approximate surface area is 37.2 Å². The molecule has 0 saturated heterocycles. The fraction of sp³-hybridized carbons (Fsp3) is 0.500. The second-order valence-corrected chi connectivity index (χ2v) is 0.980. The Hall–Kier alpha value is -0.740. The standard InChI is InChI=1S/C2F3N2/c3-2(4,5)7-1-6-7. The summed E-state index contributed by atoms with van der Waals surface area (Å²) in [6, 6.07) is 0. The third kappa shape index (κ3) is 0.819. The van der Waals surface area contributed by atoms with Crippen molar-refractivity contribution in [1.29, 1.82) is 0 Å². The lowest BCUT2D eigenvalue weighted by atomic mass is 11.1. The zero-order chi connectivity index (χ0) is 5.49. The fourth-order valence-corrected chi connectivity index (χ4v) is 0.136. The van der Waals surface area contributed by atoms with Gasteiger partial charge in [0, 0.05) is 0 Å². The van der Waals surface area contributed by atoms with Gasteiger partial charge in [0.05, 0.1) is 0 Å². The van der Waals surface area contributed by atoms with Crippen LogP contribution in [-0.4, -0.2) is 17.6 Å². The molecule has 7 heavy (non-hydrogen) atoms. The van der Waals surface area contributed by atoms with Crippen LogP contribution in [0.1, 0.15) is 0 Å². The average molecular weight is 109 g/mol. The summed E-state index contributed by atoms with van der Waals surface area (Å²) in [6.07, 6.45) is -2.73. The van der Waals surface area contributed by atoms with E-state index in [0.717, 1.165) is 0 Å². The lowest BCUT2D eigenvalue weighted by Crippen LogP contribution is -2.20. The van der Waals surface area contributed by atoms with Gasteiger partial charge in [0.25, 0.3) is 0 Å². The summed E-state index contributed by atoms with van der Waals surface area (Å²) in [5.41, 5.74) is 0. The molecule has 1 rings (SSSR count). The van der Waals surface area contributed by atoms with E-state index in [2.05, 4.69) is 5.10 Å². The first-order valence-electron chi connectivity index (χ1n) is 1.44. The van der Waals surface area contributed by atoms with Crippen molar-refractivity contribution in [2.75, 3.05) is 0 Å². The molecule has 0 aromatic heterocycles. The number of nitrogens with zero attached hydrogens (tertiary/aromatic N) is 2. The minimum atomic E-state index is -4.33. The first kappa shape index (κ1) is 4.42. The van der Waals surface area contributed by atoms with Crippen LogP contribution in [0.5, 0.6) is 0 Å². The van der Waals surface area contributed by atoms with Gasteiger partial charge in [-0.1, -0.05) is 0 Å². The second kappa shape index (κ2) is 0.907. The molecular weight excluding hydrogens is 109 g/mol. The maximum absolute atomic E-state index is 11.0. The van der Waals surface area contributed by atoms with Crippen molar-refractivity contribution in [3.05, 3.63) is 0 Å². The molecule has 0 aromatic rings. The number of hydrogen-bond donors (Lipinski definition) is 0. The molecule has 0 atom stereocenters. The molecule has 0 fully saturated rings. The molecule has 5 heteroatoms. The molecular formula is C2F3N2. The molecule has 0 bridgehead atoms. The van der Waals surface area contributed by atoms with Gasteiger partial charge in [-0.25, -0.2) is 0 Å². The molecule has 2 nitrogen and oxygen atoms in total. The largest absolute Gasteiger partial charge is 0.506 e. The first-order valence-corrected chi connectivity index (χ1v) is 1.44. The highest BCUT2D eigenvalue weighted by molar-refractivity contribution is 5.65. The van der Waals surface area contributed by atoms with E-state index in [1.54, 1.807) is 6.34 Å². The maximum atomic E-state index is 11.0. The molecule has 0 saturated carbocycles. The summed E-state index contributed by atoms with van der Waals surface area (Å²) in [5.74, 6) is 0. The van der Waals surface area contributed by atoms with Crippen molar-refractivity contribution in [3.63, 3.8) is 0 Å². The topological polar surface area (TPSA) is 15.4 Å². The van der Waals surface area contributed by atoms with Crippen molar-refractivity contribution in [1.82, 2.24) is 5.01 Å². The third-order valence-corrected chi connectivity index (χ3v) is 0.440. The Morgan fingerprint density at radius 3 is 1.86 bits per heavy atom. The minimum absolute atomic E-state index is 0.188. The number of halogens is 3. The van der Waals surface area contributed by atoms with Crippen LogP contribution >= 0.6 is 0 Å². The Bertz CT molecular complexity index is 98.0. The smallest absolute Gasteiger partial charge is 0.149 e. The minimum Gasteiger partial charge on any atom is -0.149 e. The van der Waals surface area contributed by atoms with Crippen LogP contribution in [0.4, 0.5) is 13.2 Å². The van der Waals surface area contributed by atoms with Crippen molar-refractivity contribution in [2.45, 2.75) is 6.30 Å². The van der Waals surface area contributed by atoms with Gasteiger partial charge >= 0.3 is 6.30 Å². The first-order chi connectivity index (χ1) is 3.11. The van der Waals surface area contributed by atoms with E-state index in [1.807, 2.05) is 0 Å². The zero-order valence-corrected chi connectivity index (χ0v) is 3.03. The van der Waals surface area contributed by atoms with Crippen LogP contribution in [0.25, 0.3) is 0 Å². The molecule has 0 amide bonds. The SMILES string of the molecule is FC(F)(F)N1[C]=N1. The summed E-state index contributed by atoms with van der Waals surface area (Å²) in [6.45, 7) is 0. The lowest BCUT2D eigenvalue weighted by molar-refractivity contribution is -0.200. The van der Waals surface area contributed by atoms with Gasteiger partial charge in [0.1, 0.15) is 0 Å². The number of hydrogen-bond acceptors (Lipinski definition) is 2. The molecule has 1 aliphatic rings. The summed E-state index contributed by atoms with van der Waals surface area (Å²) >= 11 is 0. The Morgan fingerprint density at radius 2 is 1.86 bits per heavy atom. The van der Waals surface area contributed by atoms with Crippen LogP contribution in [-0.2, 0) is 0 Å². The molecule has 1 radical (unpaired) electrons. The van der Waals surface area contributed by atoms with Gasteiger partial charge in [-0.15, -0.1) is 23.3 Å². The van der Waals surface area contributed by atoms with Crippen molar-refractivity contribution >= 4 is 6.34 Å². The van der Waals surface area contributed by atoms with E-state index in [4.69, 9.17) is 0 Å². The molecule has 0 aromatic carbocycles. The molecule has 1 aliphatic heterocycles. The lowest BCUT2D eigenvalue weighted by Gasteiger charge is -2.00. The molecule has 0 unspecified atom stereocenters. The van der Waals surface area contributed by atoms with Crippen LogP contribution in [0.3, 0.4) is 0 Å². The van der Waals surface area contributed by atoms with Gasteiger partial charge < -0.3 is 0 Å². The summed E-state index contributed by atoms with van der Waals surface area (Å²) in [7, 11) is 0. The van der Waals surface area contributed by atoms with Crippen molar-refractivity contribution < 1.29 is 13.2 Å². The highest BCUT2D eigenvalue weighted by Crippen LogP contribution is 2.24. The van der Waals surface area contributed by atoms with Crippen LogP contribution in [0.15, 0.2) is 5.10 Å². The van der Waals surface area contributed by atoms with Crippen LogP contribution in [0.2, 0.25) is 0 Å². The summed E-state index contributed by atoms with van der Waals surface area (Å²) < 4.78 is 33.0. The Kier molecular flexibility index (Phi) is 0.573. The van der Waals surface area contributed by atoms with Crippen molar-refractivity contribution in [2.24, 2.45) is 5.10 Å². The molecule has 1 heterocycles. The maximum Gasteiger partial charge on any atom is 0.506 e. The predicted molar refractivity (Wildman–Crippen MR) is 15.3 cm³/mol. The highest BCUT2D eigenvalue weighted by Gasteiger charge is 2.42. The molecule has 0 spiro atoms. The zero-order valence-electron chi connectivity index (χ0n) is 3.03. The van der Waals surface area contributed by atoms with E-state index in [1.165, 1.54) is 0 Å². The fourth-order valence-electron chi connectivity index (χ4n) is 0.136. The van der Waals surface area contributed by atoms with Crippen LogP contribution in [0, 0.1) is 0 Å². The normalized spacial score (nSPS) is 17.9. The average Bonchev–Trinajstić information content (AvgIpc) is 1.99. The van der Waals surface area contributed by atoms with E-state index in [-0.39, 0.29) is 5.01 Å². The van der Waals surface area contributed by atoms with E-state index in [9.17, 15) is 13.2 Å². The quantitative estimate of drug-likeness (QED) is 0.417. The molecule has 0 N–H and O–H groups in total. The van der Waals surface area contributed by atoms with Gasteiger partial charge in [-0.2, -0.15) is 0 Å². The van der Waals surface area contributed by atoms with Gasteiger partial charge in [-0.3, -0.25) is 0 Å². The van der Waals surface area contributed by atoms with Crippen molar-refractivity contribution in [3.8, 4) is 0 Å². The number of rotatable bonds is 0. The highest BCUT2D eigenvalue weighted by atomic mass is 19.4. The molecule has 39 valence electrons. The second-order valence-electron chi connectivity index (χ2n) is 0.980. The number of hydrazone groups is 1. The predicted octanol–water partition coefficient (Wildman–Crippen LogP) is 0.642. The third-order valence-electron chi connectivity index (χ3n) is 0.440. The van der Waals surface area contributed by atoms with E-state index >= 15 is 0 Å². The van der Waals surface area contributed by atoms with Gasteiger partial charge in [0.15, 0.2) is 0 Å². The van der Waals surface area contributed by atoms with Gasteiger partial charge in [-0.05, 0) is 0 Å².